The first-order valence-corrected chi connectivity index (χ1v) is 4.75. The number of rotatable bonds is 3. The fourth-order valence-corrected chi connectivity index (χ4v) is 1.05. The summed E-state index contributed by atoms with van der Waals surface area (Å²) in [6, 6.07) is 3.60. The largest absolute Gasteiger partial charge is 0.475 e. The van der Waals surface area contributed by atoms with Crippen molar-refractivity contribution in [1.82, 2.24) is 4.98 Å². The summed E-state index contributed by atoms with van der Waals surface area (Å²) in [5, 5.41) is 9.68. The lowest BCUT2D eigenvalue weighted by Crippen LogP contribution is -2.16. The molecule has 0 radical (unpaired) electrons. The molecule has 3 heteroatoms. The van der Waals surface area contributed by atoms with E-state index in [9.17, 15) is 5.11 Å². The highest BCUT2D eigenvalue weighted by Crippen LogP contribution is 2.20. The highest BCUT2D eigenvalue weighted by atomic mass is 16.5. The van der Waals surface area contributed by atoms with Crippen LogP contribution in [0.1, 0.15) is 33.3 Å². The molecule has 0 bridgehead atoms. The van der Waals surface area contributed by atoms with Gasteiger partial charge in [-0.25, -0.2) is 4.98 Å². The van der Waals surface area contributed by atoms with Crippen molar-refractivity contribution in [3.05, 3.63) is 23.9 Å². The Hall–Kier alpha value is -1.09. The van der Waals surface area contributed by atoms with Crippen LogP contribution in [0.15, 0.2) is 18.3 Å². The zero-order chi connectivity index (χ0) is 10.8. The smallest absolute Gasteiger partial charge is 0.213 e. The van der Waals surface area contributed by atoms with Gasteiger partial charge in [-0.05, 0) is 33.8 Å². The lowest BCUT2D eigenvalue weighted by atomic mass is 10.0. The van der Waals surface area contributed by atoms with Crippen molar-refractivity contribution in [2.75, 3.05) is 0 Å². The van der Waals surface area contributed by atoms with Gasteiger partial charge in [0.15, 0.2) is 0 Å². The summed E-state index contributed by atoms with van der Waals surface area (Å²) in [6.45, 7) is 7.36. The van der Waals surface area contributed by atoms with E-state index in [2.05, 4.69) is 4.98 Å². The molecule has 0 saturated heterocycles. The predicted octanol–water partition coefficient (Wildman–Crippen LogP) is 2.10. The third-order valence-electron chi connectivity index (χ3n) is 1.80. The molecule has 0 aliphatic heterocycles. The second kappa shape index (κ2) is 3.96. The summed E-state index contributed by atoms with van der Waals surface area (Å²) in [5.41, 5.74) is -0.0581. The fraction of sp³-hybridized carbons (Fsp3) is 0.545. The average molecular weight is 195 g/mol. The zero-order valence-electron chi connectivity index (χ0n) is 9.11. The molecule has 1 heterocycles. The second-order valence-electron chi connectivity index (χ2n) is 4.11. The van der Waals surface area contributed by atoms with E-state index < -0.39 is 5.60 Å². The molecule has 0 fully saturated rings. The van der Waals surface area contributed by atoms with Gasteiger partial charge in [-0.3, -0.25) is 0 Å². The molecule has 14 heavy (non-hydrogen) atoms. The van der Waals surface area contributed by atoms with Crippen molar-refractivity contribution in [2.24, 2.45) is 0 Å². The molecule has 1 N–H and O–H groups in total. The molecule has 0 spiro atoms. The van der Waals surface area contributed by atoms with E-state index in [-0.39, 0.29) is 6.10 Å². The molecule has 0 aliphatic rings. The average Bonchev–Trinajstić information content (AvgIpc) is 2.02. The SMILES string of the molecule is CC(C)Oc1ccc(C(C)(C)O)cn1. The number of aliphatic hydroxyl groups is 1. The Morgan fingerprint density at radius 2 is 2.00 bits per heavy atom. The lowest BCUT2D eigenvalue weighted by Gasteiger charge is -2.17. The maximum absolute atomic E-state index is 9.68. The van der Waals surface area contributed by atoms with Crippen LogP contribution in [0.2, 0.25) is 0 Å². The number of hydrogen-bond acceptors (Lipinski definition) is 3. The summed E-state index contributed by atoms with van der Waals surface area (Å²) >= 11 is 0. The molecule has 1 rings (SSSR count). The molecule has 0 aromatic carbocycles. The number of aromatic nitrogens is 1. The molecule has 78 valence electrons. The Labute approximate surface area is 84.7 Å². The van der Waals surface area contributed by atoms with Crippen LogP contribution in [0.4, 0.5) is 0 Å². The van der Waals surface area contributed by atoms with Gasteiger partial charge in [-0.15, -0.1) is 0 Å². The molecule has 3 nitrogen and oxygen atoms in total. The van der Waals surface area contributed by atoms with Crippen molar-refractivity contribution in [3.8, 4) is 5.88 Å². The monoisotopic (exact) mass is 195 g/mol. The normalized spacial score (nSPS) is 11.9. The predicted molar refractivity (Wildman–Crippen MR) is 55.2 cm³/mol. The number of ether oxygens (including phenoxy) is 1. The van der Waals surface area contributed by atoms with Crippen LogP contribution in [0.5, 0.6) is 5.88 Å². The lowest BCUT2D eigenvalue weighted by molar-refractivity contribution is 0.0780. The molecule has 0 amide bonds. The summed E-state index contributed by atoms with van der Waals surface area (Å²) in [4.78, 5) is 4.10. The van der Waals surface area contributed by atoms with Crippen LogP contribution in [-0.2, 0) is 5.60 Å². The first-order chi connectivity index (χ1) is 6.39. The van der Waals surface area contributed by atoms with Crippen LogP contribution in [0.25, 0.3) is 0 Å². The third kappa shape index (κ3) is 3.00. The first-order valence-electron chi connectivity index (χ1n) is 4.75. The van der Waals surface area contributed by atoms with Gasteiger partial charge in [0, 0.05) is 17.8 Å². The minimum Gasteiger partial charge on any atom is -0.475 e. The highest BCUT2D eigenvalue weighted by molar-refractivity contribution is 5.22. The Morgan fingerprint density at radius 3 is 2.36 bits per heavy atom. The minimum absolute atomic E-state index is 0.121. The zero-order valence-corrected chi connectivity index (χ0v) is 9.11. The molecule has 1 aromatic heterocycles. The van der Waals surface area contributed by atoms with Crippen LogP contribution in [0.3, 0.4) is 0 Å². The van der Waals surface area contributed by atoms with E-state index in [1.807, 2.05) is 19.9 Å². The van der Waals surface area contributed by atoms with E-state index in [1.165, 1.54) is 0 Å². The summed E-state index contributed by atoms with van der Waals surface area (Å²) < 4.78 is 5.39. The molecule has 0 atom stereocenters. The van der Waals surface area contributed by atoms with Crippen molar-refractivity contribution in [2.45, 2.75) is 39.4 Å². The highest BCUT2D eigenvalue weighted by Gasteiger charge is 2.16. The first kappa shape index (κ1) is 11.0. The van der Waals surface area contributed by atoms with Gasteiger partial charge >= 0.3 is 0 Å². The summed E-state index contributed by atoms with van der Waals surface area (Å²) in [5.74, 6) is 0.591. The van der Waals surface area contributed by atoms with E-state index in [0.29, 0.717) is 5.88 Å². The Bertz CT molecular complexity index is 285. The van der Waals surface area contributed by atoms with Gasteiger partial charge in [-0.1, -0.05) is 0 Å². The van der Waals surface area contributed by atoms with Crippen molar-refractivity contribution >= 4 is 0 Å². The molecule has 0 saturated carbocycles. The van der Waals surface area contributed by atoms with Crippen molar-refractivity contribution < 1.29 is 9.84 Å². The van der Waals surface area contributed by atoms with E-state index in [4.69, 9.17) is 4.74 Å². The Morgan fingerprint density at radius 1 is 1.36 bits per heavy atom. The van der Waals surface area contributed by atoms with Crippen LogP contribution < -0.4 is 4.74 Å². The van der Waals surface area contributed by atoms with Gasteiger partial charge in [0.2, 0.25) is 5.88 Å². The summed E-state index contributed by atoms with van der Waals surface area (Å²) in [6.07, 6.45) is 1.76. The van der Waals surface area contributed by atoms with Crippen LogP contribution in [-0.4, -0.2) is 16.2 Å². The van der Waals surface area contributed by atoms with Gasteiger partial charge in [-0.2, -0.15) is 0 Å². The standard InChI is InChI=1S/C11H17NO2/c1-8(2)14-10-6-5-9(7-12-10)11(3,4)13/h5-8,13H,1-4H3. The van der Waals surface area contributed by atoms with E-state index in [1.54, 1.807) is 26.1 Å². The molecular formula is C11H17NO2. The van der Waals surface area contributed by atoms with E-state index >= 15 is 0 Å². The Kier molecular flexibility index (Phi) is 3.11. The van der Waals surface area contributed by atoms with Crippen LogP contribution in [0, 0.1) is 0 Å². The van der Waals surface area contributed by atoms with Gasteiger partial charge in [0.05, 0.1) is 11.7 Å². The molecule has 1 aromatic rings. The number of nitrogens with zero attached hydrogens (tertiary/aromatic N) is 1. The molecule has 0 unspecified atom stereocenters. The maximum Gasteiger partial charge on any atom is 0.213 e. The fourth-order valence-electron chi connectivity index (χ4n) is 1.05. The van der Waals surface area contributed by atoms with Crippen molar-refractivity contribution in [3.63, 3.8) is 0 Å². The number of pyridine rings is 1. The quantitative estimate of drug-likeness (QED) is 0.803. The Balaban J connectivity index is 2.79. The third-order valence-corrected chi connectivity index (χ3v) is 1.80. The summed E-state index contributed by atoms with van der Waals surface area (Å²) in [7, 11) is 0. The second-order valence-corrected chi connectivity index (χ2v) is 4.11. The minimum atomic E-state index is -0.844. The maximum atomic E-state index is 9.68. The topological polar surface area (TPSA) is 42.4 Å². The van der Waals surface area contributed by atoms with E-state index in [0.717, 1.165) is 5.56 Å². The molecule has 0 aliphatic carbocycles. The molecular weight excluding hydrogens is 178 g/mol. The van der Waals surface area contributed by atoms with Crippen molar-refractivity contribution in [1.29, 1.82) is 0 Å². The number of hydrogen-bond donors (Lipinski definition) is 1. The van der Waals surface area contributed by atoms with Gasteiger partial charge in [0.1, 0.15) is 0 Å². The van der Waals surface area contributed by atoms with Gasteiger partial charge in [0.25, 0.3) is 0 Å². The van der Waals surface area contributed by atoms with Crippen LogP contribution >= 0.6 is 0 Å². The van der Waals surface area contributed by atoms with Gasteiger partial charge < -0.3 is 9.84 Å².